The minimum absolute atomic E-state index is 0.231. The fraction of sp³-hybridized carbons (Fsp3) is 0.111. The molecule has 0 saturated heterocycles. The first kappa shape index (κ1) is 16.4. The molecule has 0 saturated carbocycles. The lowest BCUT2D eigenvalue weighted by atomic mass is 10.2. The van der Waals surface area contributed by atoms with Gasteiger partial charge in [0.2, 0.25) is 0 Å². The van der Waals surface area contributed by atoms with Crippen molar-refractivity contribution in [2.75, 3.05) is 0 Å². The second-order valence-corrected chi connectivity index (χ2v) is 6.53. The highest BCUT2D eigenvalue weighted by Gasteiger charge is 2.20. The van der Waals surface area contributed by atoms with Crippen molar-refractivity contribution in [3.8, 4) is 0 Å². The summed E-state index contributed by atoms with van der Waals surface area (Å²) in [5, 5.41) is 0. The van der Waals surface area contributed by atoms with Crippen LogP contribution in [0, 0.1) is 0 Å². The van der Waals surface area contributed by atoms with Crippen molar-refractivity contribution >= 4 is 7.60 Å². The van der Waals surface area contributed by atoms with E-state index in [9.17, 15) is 4.57 Å². The highest BCUT2D eigenvalue weighted by Crippen LogP contribution is 2.51. The van der Waals surface area contributed by atoms with Crippen molar-refractivity contribution in [3.05, 3.63) is 96.3 Å². The van der Waals surface area contributed by atoms with Crippen LogP contribution in [-0.4, -0.2) is 0 Å². The minimum atomic E-state index is -3.32. The maximum absolute atomic E-state index is 12.7. The van der Waals surface area contributed by atoms with E-state index in [1.165, 1.54) is 5.82 Å². The highest BCUT2D eigenvalue weighted by atomic mass is 31.2. The molecule has 0 amide bonds. The Morgan fingerprint density at radius 1 is 0.864 bits per heavy atom. The van der Waals surface area contributed by atoms with Gasteiger partial charge in [-0.2, -0.15) is 0 Å². The van der Waals surface area contributed by atoms with Gasteiger partial charge in [0, 0.05) is 5.82 Å². The zero-order valence-electron chi connectivity index (χ0n) is 12.3. The Hall–Kier alpha value is -1.93. The van der Waals surface area contributed by atoms with Crippen LogP contribution >= 0.6 is 7.60 Å². The monoisotopic (exact) mass is 314 g/mol. The molecule has 114 valence electrons. The van der Waals surface area contributed by atoms with Gasteiger partial charge in [-0.05, 0) is 11.1 Å². The summed E-state index contributed by atoms with van der Waals surface area (Å²) in [5.74, 6) is 1.44. The van der Waals surface area contributed by atoms with E-state index in [2.05, 4.69) is 6.58 Å². The van der Waals surface area contributed by atoms with Crippen molar-refractivity contribution in [2.45, 2.75) is 13.2 Å². The molecule has 2 rings (SSSR count). The lowest BCUT2D eigenvalue weighted by molar-refractivity contribution is 0.199. The Morgan fingerprint density at radius 2 is 1.32 bits per heavy atom. The fourth-order valence-electron chi connectivity index (χ4n) is 1.77. The van der Waals surface area contributed by atoms with Gasteiger partial charge in [0.25, 0.3) is 0 Å². The maximum atomic E-state index is 12.7. The summed E-state index contributed by atoms with van der Waals surface area (Å²) in [7, 11) is -3.32. The topological polar surface area (TPSA) is 35.5 Å². The van der Waals surface area contributed by atoms with Gasteiger partial charge in [-0.25, -0.2) is 0 Å². The largest absolute Gasteiger partial charge is 0.354 e. The Morgan fingerprint density at radius 3 is 1.73 bits per heavy atom. The van der Waals surface area contributed by atoms with Gasteiger partial charge >= 0.3 is 7.60 Å². The molecule has 0 aliphatic heterocycles. The van der Waals surface area contributed by atoms with Crippen molar-refractivity contribution in [1.82, 2.24) is 0 Å². The van der Waals surface area contributed by atoms with E-state index in [-0.39, 0.29) is 13.2 Å². The van der Waals surface area contributed by atoms with Crippen molar-refractivity contribution < 1.29 is 13.6 Å². The van der Waals surface area contributed by atoms with Gasteiger partial charge in [0.15, 0.2) is 0 Å². The first-order chi connectivity index (χ1) is 10.7. The number of rotatable bonds is 8. The molecular formula is C18H19O3P. The molecule has 3 nitrogen and oxygen atoms in total. The van der Waals surface area contributed by atoms with Crippen LogP contribution in [0.15, 0.2) is 85.2 Å². The van der Waals surface area contributed by atoms with Crippen molar-refractivity contribution in [3.63, 3.8) is 0 Å². The van der Waals surface area contributed by atoms with E-state index < -0.39 is 7.60 Å². The minimum Gasteiger partial charge on any atom is -0.301 e. The average Bonchev–Trinajstić information content (AvgIpc) is 2.59. The summed E-state index contributed by atoms with van der Waals surface area (Å²) >= 11 is 0. The zero-order chi connectivity index (χ0) is 15.7. The van der Waals surface area contributed by atoms with Gasteiger partial charge in [0.05, 0.1) is 13.2 Å². The van der Waals surface area contributed by atoms with Gasteiger partial charge in [0.1, 0.15) is 0 Å². The molecule has 22 heavy (non-hydrogen) atoms. The zero-order valence-corrected chi connectivity index (χ0v) is 13.2. The second-order valence-electron chi connectivity index (χ2n) is 4.64. The summed E-state index contributed by atoms with van der Waals surface area (Å²) in [6, 6.07) is 19.2. The molecule has 0 fully saturated rings. The quantitative estimate of drug-likeness (QED) is 0.489. The highest BCUT2D eigenvalue weighted by molar-refractivity contribution is 7.57. The average molecular weight is 314 g/mol. The second kappa shape index (κ2) is 8.50. The van der Waals surface area contributed by atoms with E-state index in [0.29, 0.717) is 0 Å². The Kier molecular flexibility index (Phi) is 6.35. The third kappa shape index (κ3) is 5.45. The fourth-order valence-corrected chi connectivity index (χ4v) is 3.00. The van der Waals surface area contributed by atoms with Crippen LogP contribution in [0.2, 0.25) is 0 Å². The molecule has 2 aromatic carbocycles. The standard InChI is InChI=1S/C18H19O3P/c1-2-3-14-22(19,20-15-17-10-6-4-7-11-17)21-16-18-12-8-5-9-13-18/h2-14H,1,15-16H2/b14-3+. The number of allylic oxidation sites excluding steroid dienone is 2. The predicted molar refractivity (Wildman–Crippen MR) is 89.4 cm³/mol. The molecule has 2 aromatic rings. The molecule has 4 heteroatoms. The summed E-state index contributed by atoms with van der Waals surface area (Å²) in [6.45, 7) is 4.04. The van der Waals surface area contributed by atoms with E-state index in [1.54, 1.807) is 12.2 Å². The van der Waals surface area contributed by atoms with Crippen LogP contribution in [0.3, 0.4) is 0 Å². The molecule has 0 aromatic heterocycles. The Balaban J connectivity index is 2.01. The van der Waals surface area contributed by atoms with E-state index in [1.807, 2.05) is 60.7 Å². The van der Waals surface area contributed by atoms with Crippen LogP contribution in [0.5, 0.6) is 0 Å². The van der Waals surface area contributed by atoms with Crippen LogP contribution in [0.25, 0.3) is 0 Å². The van der Waals surface area contributed by atoms with Gasteiger partial charge in [-0.3, -0.25) is 4.57 Å². The van der Waals surface area contributed by atoms with Crippen LogP contribution in [0.1, 0.15) is 11.1 Å². The molecule has 0 atom stereocenters. The summed E-state index contributed by atoms with van der Waals surface area (Å²) < 4.78 is 23.8. The molecule has 0 radical (unpaired) electrons. The molecule has 0 unspecified atom stereocenters. The molecule has 0 N–H and O–H groups in total. The van der Waals surface area contributed by atoms with Crippen molar-refractivity contribution in [2.24, 2.45) is 0 Å². The van der Waals surface area contributed by atoms with Crippen LogP contribution in [0.4, 0.5) is 0 Å². The third-order valence-electron chi connectivity index (χ3n) is 2.91. The molecule has 0 aliphatic rings. The van der Waals surface area contributed by atoms with E-state index in [4.69, 9.17) is 9.05 Å². The van der Waals surface area contributed by atoms with Gasteiger partial charge in [-0.15, -0.1) is 0 Å². The maximum Gasteiger partial charge on any atom is 0.354 e. The first-order valence-electron chi connectivity index (χ1n) is 6.99. The summed E-state index contributed by atoms with van der Waals surface area (Å²) in [6.07, 6.45) is 3.13. The van der Waals surface area contributed by atoms with Crippen molar-refractivity contribution in [1.29, 1.82) is 0 Å². The predicted octanol–water partition coefficient (Wildman–Crippen LogP) is 5.31. The summed E-state index contributed by atoms with van der Waals surface area (Å²) in [4.78, 5) is 0. The SMILES string of the molecule is C=C/C=C/P(=O)(OCc1ccccc1)OCc1ccccc1. The molecule has 0 aliphatic carbocycles. The Labute approximate surface area is 131 Å². The molecule has 0 heterocycles. The normalized spacial score (nSPS) is 11.6. The van der Waals surface area contributed by atoms with Crippen LogP contribution in [-0.2, 0) is 26.8 Å². The van der Waals surface area contributed by atoms with E-state index >= 15 is 0 Å². The van der Waals surface area contributed by atoms with Gasteiger partial charge in [-0.1, -0.05) is 79.4 Å². The summed E-state index contributed by atoms with van der Waals surface area (Å²) in [5.41, 5.74) is 1.89. The molecule has 0 spiro atoms. The third-order valence-corrected chi connectivity index (χ3v) is 4.43. The Bertz CT molecular complexity index is 603. The number of hydrogen-bond acceptors (Lipinski definition) is 3. The van der Waals surface area contributed by atoms with Crippen LogP contribution < -0.4 is 0 Å². The lowest BCUT2D eigenvalue weighted by Gasteiger charge is -2.15. The molecule has 0 bridgehead atoms. The number of hydrogen-bond donors (Lipinski definition) is 0. The first-order valence-corrected chi connectivity index (χ1v) is 8.60. The van der Waals surface area contributed by atoms with E-state index in [0.717, 1.165) is 11.1 Å². The molecular weight excluding hydrogens is 295 g/mol. The van der Waals surface area contributed by atoms with Gasteiger partial charge < -0.3 is 9.05 Å². The smallest absolute Gasteiger partial charge is 0.301 e. The lowest BCUT2D eigenvalue weighted by Crippen LogP contribution is -1.96. The number of benzene rings is 2.